The summed E-state index contributed by atoms with van der Waals surface area (Å²) in [6.45, 7) is 6.17. The number of nitrogens with one attached hydrogen (secondary N) is 1. The quantitative estimate of drug-likeness (QED) is 0.477. The van der Waals surface area contributed by atoms with E-state index >= 15 is 0 Å². The first-order valence-electron chi connectivity index (χ1n) is 10.4. The smallest absolute Gasteiger partial charge is 0.242 e. The number of hydrogen-bond acceptors (Lipinski definition) is 3. The zero-order valence-electron chi connectivity index (χ0n) is 17.9. The van der Waals surface area contributed by atoms with Crippen molar-refractivity contribution in [2.45, 2.75) is 58.0 Å². The highest BCUT2D eigenvalue weighted by Crippen LogP contribution is 2.17. The van der Waals surface area contributed by atoms with Gasteiger partial charge in [0.15, 0.2) is 0 Å². The molecular formula is C24H31ClN2O2S. The van der Waals surface area contributed by atoms with Gasteiger partial charge >= 0.3 is 0 Å². The maximum Gasteiger partial charge on any atom is 0.242 e. The second kappa shape index (κ2) is 12.7. The van der Waals surface area contributed by atoms with Crippen LogP contribution in [0.5, 0.6) is 0 Å². The van der Waals surface area contributed by atoms with Crippen molar-refractivity contribution in [1.29, 1.82) is 0 Å². The fraction of sp³-hybridized carbons (Fsp3) is 0.417. The molecule has 4 nitrogen and oxygen atoms in total. The zero-order valence-corrected chi connectivity index (χ0v) is 19.5. The van der Waals surface area contributed by atoms with Gasteiger partial charge in [-0.2, -0.15) is 11.8 Å². The molecule has 2 aromatic rings. The Labute approximate surface area is 189 Å². The molecule has 2 aromatic carbocycles. The van der Waals surface area contributed by atoms with E-state index in [4.69, 9.17) is 11.6 Å². The molecule has 0 radical (unpaired) electrons. The van der Waals surface area contributed by atoms with Crippen molar-refractivity contribution in [2.75, 3.05) is 5.75 Å². The Kier molecular flexibility index (Phi) is 10.2. The lowest BCUT2D eigenvalue weighted by atomic mass is 10.1. The van der Waals surface area contributed by atoms with Gasteiger partial charge in [-0.25, -0.2) is 0 Å². The monoisotopic (exact) mass is 446 g/mol. The van der Waals surface area contributed by atoms with Crippen molar-refractivity contribution < 1.29 is 9.59 Å². The van der Waals surface area contributed by atoms with Crippen LogP contribution < -0.4 is 5.32 Å². The predicted octanol–water partition coefficient (Wildman–Crippen LogP) is 5.30. The molecule has 0 saturated carbocycles. The van der Waals surface area contributed by atoms with Crippen molar-refractivity contribution in [2.24, 2.45) is 0 Å². The van der Waals surface area contributed by atoms with Crippen LogP contribution in [0.25, 0.3) is 0 Å². The van der Waals surface area contributed by atoms with Crippen molar-refractivity contribution in [3.8, 4) is 0 Å². The average molecular weight is 447 g/mol. The van der Waals surface area contributed by atoms with Crippen molar-refractivity contribution in [1.82, 2.24) is 10.2 Å². The summed E-state index contributed by atoms with van der Waals surface area (Å²) in [6.07, 6.45) is 1.24. The number of rotatable bonds is 11. The maximum atomic E-state index is 13.0. The number of hydrogen-bond donors (Lipinski definition) is 1. The van der Waals surface area contributed by atoms with E-state index in [9.17, 15) is 9.59 Å². The molecule has 2 atom stereocenters. The average Bonchev–Trinajstić information content (AvgIpc) is 2.76. The van der Waals surface area contributed by atoms with Gasteiger partial charge in [0, 0.05) is 35.5 Å². The third-order valence-electron chi connectivity index (χ3n) is 5.01. The molecule has 0 spiro atoms. The van der Waals surface area contributed by atoms with Crippen LogP contribution in [0, 0.1) is 0 Å². The summed E-state index contributed by atoms with van der Waals surface area (Å²) < 4.78 is 0. The number of nitrogens with zero attached hydrogens (tertiary/aromatic N) is 1. The van der Waals surface area contributed by atoms with Crippen LogP contribution in [-0.2, 0) is 21.9 Å². The molecule has 0 aliphatic carbocycles. The Morgan fingerprint density at radius 3 is 2.33 bits per heavy atom. The summed E-state index contributed by atoms with van der Waals surface area (Å²) in [7, 11) is 0. The minimum atomic E-state index is -0.540. The first kappa shape index (κ1) is 24.3. The van der Waals surface area contributed by atoms with E-state index in [2.05, 4.69) is 17.4 Å². The molecule has 2 rings (SSSR count). The van der Waals surface area contributed by atoms with Crippen LogP contribution in [0.4, 0.5) is 0 Å². The van der Waals surface area contributed by atoms with Gasteiger partial charge in [-0.1, -0.05) is 61.0 Å². The molecule has 30 heavy (non-hydrogen) atoms. The third kappa shape index (κ3) is 8.04. The van der Waals surface area contributed by atoms with Crippen LogP contribution in [0.2, 0.25) is 5.02 Å². The van der Waals surface area contributed by atoms with Gasteiger partial charge in [0.2, 0.25) is 11.8 Å². The van der Waals surface area contributed by atoms with Crippen LogP contribution >= 0.6 is 23.4 Å². The fourth-order valence-electron chi connectivity index (χ4n) is 2.90. The van der Waals surface area contributed by atoms with Gasteiger partial charge in [0.25, 0.3) is 0 Å². The normalized spacial score (nSPS) is 12.8. The molecule has 0 fully saturated rings. The van der Waals surface area contributed by atoms with Gasteiger partial charge in [0.1, 0.15) is 6.04 Å². The molecule has 0 heterocycles. The number of amides is 2. The molecule has 0 bridgehead atoms. The standard InChI is InChI=1S/C24H31ClN2O2S/c1-4-18(2)26-24(29)19(3)27(16-20-10-12-22(25)13-11-20)23(28)14-15-30-17-21-8-6-5-7-9-21/h5-13,18-19H,4,14-17H2,1-3H3,(H,26,29)/t18-,19-/m0/s1. The molecule has 1 N–H and O–H groups in total. The van der Waals surface area contributed by atoms with Crippen LogP contribution in [0.1, 0.15) is 44.7 Å². The highest BCUT2D eigenvalue weighted by atomic mass is 35.5. The summed E-state index contributed by atoms with van der Waals surface area (Å²) >= 11 is 7.71. The number of benzene rings is 2. The second-order valence-electron chi connectivity index (χ2n) is 7.43. The van der Waals surface area contributed by atoms with Crippen molar-refractivity contribution in [3.63, 3.8) is 0 Å². The molecule has 2 amide bonds. The van der Waals surface area contributed by atoms with E-state index in [1.165, 1.54) is 5.56 Å². The van der Waals surface area contributed by atoms with Gasteiger partial charge < -0.3 is 10.2 Å². The minimum Gasteiger partial charge on any atom is -0.352 e. The lowest BCUT2D eigenvalue weighted by molar-refractivity contribution is -0.140. The van der Waals surface area contributed by atoms with Gasteiger partial charge in [-0.3, -0.25) is 9.59 Å². The Morgan fingerprint density at radius 2 is 1.70 bits per heavy atom. The first-order chi connectivity index (χ1) is 14.4. The summed E-state index contributed by atoms with van der Waals surface area (Å²) in [5, 5.41) is 3.64. The topological polar surface area (TPSA) is 49.4 Å². The fourth-order valence-corrected chi connectivity index (χ4v) is 3.92. The van der Waals surface area contributed by atoms with Gasteiger partial charge in [0.05, 0.1) is 0 Å². The molecule has 0 aliphatic heterocycles. The SMILES string of the molecule is CC[C@H](C)NC(=O)[C@H](C)N(Cc1ccc(Cl)cc1)C(=O)CCSCc1ccccc1. The molecule has 0 aromatic heterocycles. The number of halogens is 1. The molecule has 6 heteroatoms. The first-order valence-corrected chi connectivity index (χ1v) is 11.9. The van der Waals surface area contributed by atoms with Crippen molar-refractivity contribution >= 4 is 35.2 Å². The van der Waals surface area contributed by atoms with Crippen molar-refractivity contribution in [3.05, 3.63) is 70.7 Å². The largest absolute Gasteiger partial charge is 0.352 e. The molecule has 0 aliphatic rings. The van der Waals surface area contributed by atoms with E-state index in [-0.39, 0.29) is 17.9 Å². The Hall–Kier alpha value is -1.98. The zero-order chi connectivity index (χ0) is 21.9. The van der Waals surface area contributed by atoms with Crippen LogP contribution in [0.3, 0.4) is 0 Å². The maximum absolute atomic E-state index is 13.0. The Morgan fingerprint density at radius 1 is 1.03 bits per heavy atom. The molecular weight excluding hydrogens is 416 g/mol. The van der Waals surface area contributed by atoms with Crippen LogP contribution in [-0.4, -0.2) is 34.6 Å². The summed E-state index contributed by atoms with van der Waals surface area (Å²) in [5.41, 5.74) is 2.20. The van der Waals surface area contributed by atoms with E-state index in [0.29, 0.717) is 23.7 Å². The van der Waals surface area contributed by atoms with E-state index in [0.717, 1.165) is 17.7 Å². The number of carbonyl (C=O) groups is 2. The van der Waals surface area contributed by atoms with Gasteiger partial charge in [-0.15, -0.1) is 0 Å². The second-order valence-corrected chi connectivity index (χ2v) is 8.97. The Balaban J connectivity index is 2.00. The summed E-state index contributed by atoms with van der Waals surface area (Å²) in [6, 6.07) is 17.1. The minimum absolute atomic E-state index is 0.0164. The Bertz CT molecular complexity index is 799. The summed E-state index contributed by atoms with van der Waals surface area (Å²) in [4.78, 5) is 27.4. The molecule has 0 saturated heterocycles. The lowest BCUT2D eigenvalue weighted by Crippen LogP contribution is -2.49. The van der Waals surface area contributed by atoms with E-state index in [1.54, 1.807) is 35.7 Å². The van der Waals surface area contributed by atoms with Gasteiger partial charge in [-0.05, 0) is 43.5 Å². The third-order valence-corrected chi connectivity index (χ3v) is 6.29. The lowest BCUT2D eigenvalue weighted by Gasteiger charge is -2.29. The number of carbonyl (C=O) groups excluding carboxylic acids is 2. The highest BCUT2D eigenvalue weighted by Gasteiger charge is 2.26. The van der Waals surface area contributed by atoms with E-state index < -0.39 is 6.04 Å². The molecule has 0 unspecified atom stereocenters. The van der Waals surface area contributed by atoms with Crippen LogP contribution in [0.15, 0.2) is 54.6 Å². The predicted molar refractivity (Wildman–Crippen MR) is 127 cm³/mol. The summed E-state index contributed by atoms with van der Waals surface area (Å²) in [5.74, 6) is 1.45. The highest BCUT2D eigenvalue weighted by molar-refractivity contribution is 7.98. The number of thioether (sulfide) groups is 1. The van der Waals surface area contributed by atoms with E-state index in [1.807, 2.05) is 44.2 Å². The molecule has 162 valence electrons.